The fraction of sp³-hybridized carbons (Fsp3) is 0.571. The number of hydrogen-bond donors (Lipinski definition) is 3. The van der Waals surface area contributed by atoms with Crippen LogP contribution in [-0.2, 0) is 6.54 Å². The highest BCUT2D eigenvalue weighted by atomic mass is 16.2. The van der Waals surface area contributed by atoms with Crippen molar-refractivity contribution < 1.29 is 9.59 Å². The monoisotopic (exact) mass is 293 g/mol. The summed E-state index contributed by atoms with van der Waals surface area (Å²) in [4.78, 5) is 25.2. The number of aryl methyl sites for hydroxylation is 1. The molecule has 1 aliphatic rings. The van der Waals surface area contributed by atoms with Crippen LogP contribution < -0.4 is 16.8 Å². The first-order valence-electron chi connectivity index (χ1n) is 7.29. The number of primary amides is 1. The summed E-state index contributed by atoms with van der Waals surface area (Å²) in [5, 5.41) is 2.62. The smallest absolute Gasteiger partial charge is 0.312 e. The van der Waals surface area contributed by atoms with Crippen molar-refractivity contribution in [2.75, 3.05) is 25.4 Å². The van der Waals surface area contributed by atoms with Crippen molar-refractivity contribution in [3.8, 4) is 0 Å². The number of piperidine rings is 1. The molecule has 5 N–H and O–H groups in total. The fourth-order valence-electron chi connectivity index (χ4n) is 2.80. The lowest BCUT2D eigenvalue weighted by atomic mass is 9.98. The maximum atomic E-state index is 12.6. The van der Waals surface area contributed by atoms with E-state index in [0.717, 1.165) is 19.4 Å². The molecule has 0 bridgehead atoms. The van der Waals surface area contributed by atoms with Crippen LogP contribution in [0.15, 0.2) is 12.3 Å². The Morgan fingerprint density at radius 1 is 1.48 bits per heavy atom. The number of aromatic nitrogens is 1. The van der Waals surface area contributed by atoms with Gasteiger partial charge in [-0.3, -0.25) is 4.79 Å². The second kappa shape index (κ2) is 6.51. The molecular formula is C14H23N5O2. The number of nitrogens with one attached hydrogen (secondary N) is 1. The van der Waals surface area contributed by atoms with Crippen molar-refractivity contribution in [3.05, 3.63) is 18.0 Å². The zero-order valence-corrected chi connectivity index (χ0v) is 12.3. The molecule has 1 fully saturated rings. The normalized spacial score (nSPS) is 18.5. The number of hydrogen-bond acceptors (Lipinski definition) is 3. The molecule has 3 amide bonds. The zero-order chi connectivity index (χ0) is 15.4. The quantitative estimate of drug-likeness (QED) is 0.757. The van der Waals surface area contributed by atoms with Gasteiger partial charge >= 0.3 is 6.03 Å². The fourth-order valence-corrected chi connectivity index (χ4v) is 2.80. The van der Waals surface area contributed by atoms with Crippen LogP contribution in [0.5, 0.6) is 0 Å². The third-order valence-corrected chi connectivity index (χ3v) is 3.85. The Bertz CT molecular complexity index is 525. The van der Waals surface area contributed by atoms with Crippen LogP contribution >= 0.6 is 0 Å². The minimum absolute atomic E-state index is 0.00248. The molecule has 1 aliphatic heterocycles. The standard InChI is InChI=1S/C14H23N5O2/c1-2-18-9-11(15)6-12(18)13(20)19-5-3-4-10(8-19)7-17-14(16)21/h6,9-10H,2-5,7-8,15H2,1H3,(H3,16,17,21). The molecule has 1 atom stereocenters. The lowest BCUT2D eigenvalue weighted by Gasteiger charge is -2.33. The Morgan fingerprint density at radius 2 is 2.24 bits per heavy atom. The number of rotatable bonds is 4. The Labute approximate surface area is 124 Å². The zero-order valence-electron chi connectivity index (χ0n) is 12.3. The Kier molecular flexibility index (Phi) is 4.72. The minimum atomic E-state index is -0.522. The van der Waals surface area contributed by atoms with Crippen molar-refractivity contribution in [1.29, 1.82) is 0 Å². The molecule has 0 spiro atoms. The average molecular weight is 293 g/mol. The largest absolute Gasteiger partial charge is 0.397 e. The van der Waals surface area contributed by atoms with Gasteiger partial charge in [0.2, 0.25) is 0 Å². The van der Waals surface area contributed by atoms with Gasteiger partial charge in [-0.1, -0.05) is 0 Å². The molecule has 116 valence electrons. The molecular weight excluding hydrogens is 270 g/mol. The lowest BCUT2D eigenvalue weighted by molar-refractivity contribution is 0.0664. The third-order valence-electron chi connectivity index (χ3n) is 3.85. The summed E-state index contributed by atoms with van der Waals surface area (Å²) in [5.74, 6) is 0.245. The first kappa shape index (κ1) is 15.2. The summed E-state index contributed by atoms with van der Waals surface area (Å²) in [6.45, 7) is 4.56. The molecule has 0 aromatic carbocycles. The van der Waals surface area contributed by atoms with Crippen molar-refractivity contribution in [2.45, 2.75) is 26.3 Å². The molecule has 7 heteroatoms. The Hall–Kier alpha value is -2.18. The average Bonchev–Trinajstić information content (AvgIpc) is 2.85. The summed E-state index contributed by atoms with van der Waals surface area (Å²) in [6, 6.07) is 1.20. The summed E-state index contributed by atoms with van der Waals surface area (Å²) in [6.07, 6.45) is 3.70. The number of nitrogen functional groups attached to an aromatic ring is 1. The van der Waals surface area contributed by atoms with E-state index in [-0.39, 0.29) is 11.8 Å². The molecule has 7 nitrogen and oxygen atoms in total. The van der Waals surface area contributed by atoms with Gasteiger partial charge in [0.25, 0.3) is 5.91 Å². The third kappa shape index (κ3) is 3.68. The molecule has 1 aromatic rings. The topological polar surface area (TPSA) is 106 Å². The lowest BCUT2D eigenvalue weighted by Crippen LogP contribution is -2.44. The van der Waals surface area contributed by atoms with Gasteiger partial charge < -0.3 is 26.3 Å². The van der Waals surface area contributed by atoms with E-state index < -0.39 is 6.03 Å². The van der Waals surface area contributed by atoms with Gasteiger partial charge in [0, 0.05) is 32.4 Å². The maximum Gasteiger partial charge on any atom is 0.312 e. The van der Waals surface area contributed by atoms with Crippen LogP contribution in [0.4, 0.5) is 10.5 Å². The summed E-state index contributed by atoms with van der Waals surface area (Å²) in [5.41, 5.74) is 12.1. The number of anilines is 1. The van der Waals surface area contributed by atoms with E-state index in [2.05, 4.69) is 5.32 Å². The number of urea groups is 1. The number of nitrogens with two attached hydrogens (primary N) is 2. The van der Waals surface area contributed by atoms with Crippen LogP contribution in [0.2, 0.25) is 0 Å². The molecule has 1 unspecified atom stereocenters. The number of likely N-dealkylation sites (tertiary alicyclic amines) is 1. The first-order valence-corrected chi connectivity index (χ1v) is 7.29. The molecule has 1 saturated heterocycles. The highest BCUT2D eigenvalue weighted by molar-refractivity contribution is 5.94. The Balaban J connectivity index is 2.03. The number of carbonyl (C=O) groups excluding carboxylic acids is 2. The first-order chi connectivity index (χ1) is 10.0. The van der Waals surface area contributed by atoms with Crippen molar-refractivity contribution in [1.82, 2.24) is 14.8 Å². The van der Waals surface area contributed by atoms with Gasteiger partial charge in [-0.25, -0.2) is 4.79 Å². The second-order valence-electron chi connectivity index (χ2n) is 5.45. The van der Waals surface area contributed by atoms with E-state index in [9.17, 15) is 9.59 Å². The predicted octanol–water partition coefficient (Wildman–Crippen LogP) is 0.611. The highest BCUT2D eigenvalue weighted by Crippen LogP contribution is 2.20. The summed E-state index contributed by atoms with van der Waals surface area (Å²) >= 11 is 0. The van der Waals surface area contributed by atoms with E-state index in [4.69, 9.17) is 11.5 Å². The molecule has 0 aliphatic carbocycles. The van der Waals surface area contributed by atoms with Crippen molar-refractivity contribution >= 4 is 17.6 Å². The van der Waals surface area contributed by atoms with E-state index in [0.29, 0.717) is 31.0 Å². The number of carbonyl (C=O) groups is 2. The minimum Gasteiger partial charge on any atom is -0.397 e. The molecule has 2 rings (SSSR count). The molecule has 2 heterocycles. The molecule has 1 aromatic heterocycles. The van der Waals surface area contributed by atoms with Gasteiger partial charge in [-0.2, -0.15) is 0 Å². The van der Waals surface area contributed by atoms with Crippen LogP contribution in [0.1, 0.15) is 30.3 Å². The van der Waals surface area contributed by atoms with Crippen molar-refractivity contribution in [3.63, 3.8) is 0 Å². The van der Waals surface area contributed by atoms with E-state index in [1.165, 1.54) is 0 Å². The van der Waals surface area contributed by atoms with Gasteiger partial charge in [0.15, 0.2) is 0 Å². The van der Waals surface area contributed by atoms with E-state index in [1.807, 2.05) is 16.4 Å². The van der Waals surface area contributed by atoms with Gasteiger partial charge in [-0.15, -0.1) is 0 Å². The second-order valence-corrected chi connectivity index (χ2v) is 5.45. The molecule has 0 radical (unpaired) electrons. The predicted molar refractivity (Wildman–Crippen MR) is 80.7 cm³/mol. The summed E-state index contributed by atoms with van der Waals surface area (Å²) in [7, 11) is 0. The van der Waals surface area contributed by atoms with Crippen molar-refractivity contribution in [2.24, 2.45) is 11.7 Å². The molecule has 21 heavy (non-hydrogen) atoms. The van der Waals surface area contributed by atoms with Crippen LogP contribution in [0, 0.1) is 5.92 Å². The van der Waals surface area contributed by atoms with Crippen LogP contribution in [0.3, 0.4) is 0 Å². The molecule has 0 saturated carbocycles. The SMILES string of the molecule is CCn1cc(N)cc1C(=O)N1CCCC(CNC(N)=O)C1. The van der Waals surface area contributed by atoms with Gasteiger partial charge in [0.1, 0.15) is 5.69 Å². The van der Waals surface area contributed by atoms with E-state index in [1.54, 1.807) is 12.3 Å². The van der Waals surface area contributed by atoms with E-state index >= 15 is 0 Å². The van der Waals surface area contributed by atoms with Crippen LogP contribution in [0.25, 0.3) is 0 Å². The number of amides is 3. The summed E-state index contributed by atoms with van der Waals surface area (Å²) < 4.78 is 1.86. The highest BCUT2D eigenvalue weighted by Gasteiger charge is 2.26. The van der Waals surface area contributed by atoms with Gasteiger partial charge in [-0.05, 0) is 31.7 Å². The number of nitrogens with zero attached hydrogens (tertiary/aromatic N) is 2. The maximum absolute atomic E-state index is 12.6. The van der Waals surface area contributed by atoms with Gasteiger partial charge in [0.05, 0.1) is 5.69 Å². The van der Waals surface area contributed by atoms with Crippen LogP contribution in [-0.4, -0.2) is 41.0 Å². The Morgan fingerprint density at radius 3 is 2.90 bits per heavy atom.